The minimum Gasteiger partial charge on any atom is -0.437 e. The quantitative estimate of drug-likeness (QED) is 0.646. The Morgan fingerprint density at radius 2 is 2.10 bits per heavy atom. The Morgan fingerprint density at radius 3 is 2.57 bits per heavy atom. The van der Waals surface area contributed by atoms with E-state index >= 15 is 0 Å². The summed E-state index contributed by atoms with van der Waals surface area (Å²) in [5.74, 6) is -0.376. The first-order valence-corrected chi connectivity index (χ1v) is 6.33. The smallest absolute Gasteiger partial charge is 0.295 e. The molecule has 0 aliphatic heterocycles. The highest BCUT2D eigenvalue weighted by molar-refractivity contribution is 5.40. The van der Waals surface area contributed by atoms with Crippen LogP contribution in [0.3, 0.4) is 0 Å². The standard InChI is InChI=1S/C15H15N3O3/c1-10-14(18-8-17-10)13(15(20-2)21-9-19)12-5-3-11(7-16)4-6-12/h3-6,8-9,13,15H,1-2H3,(H,17,18). The second-order valence-electron chi connectivity index (χ2n) is 4.46. The van der Waals surface area contributed by atoms with E-state index in [9.17, 15) is 4.79 Å². The maximum Gasteiger partial charge on any atom is 0.295 e. The molecule has 6 nitrogen and oxygen atoms in total. The molecule has 1 heterocycles. The highest BCUT2D eigenvalue weighted by atomic mass is 16.7. The first kappa shape index (κ1) is 14.8. The molecule has 108 valence electrons. The highest BCUT2D eigenvalue weighted by Crippen LogP contribution is 2.30. The largest absolute Gasteiger partial charge is 0.437 e. The Balaban J connectivity index is 2.46. The number of nitrogens with zero attached hydrogens (tertiary/aromatic N) is 2. The number of aryl methyl sites for hydroxylation is 1. The molecule has 0 amide bonds. The summed E-state index contributed by atoms with van der Waals surface area (Å²) < 4.78 is 10.3. The van der Waals surface area contributed by atoms with Gasteiger partial charge in [0.2, 0.25) is 6.29 Å². The fourth-order valence-electron chi connectivity index (χ4n) is 2.22. The highest BCUT2D eigenvalue weighted by Gasteiger charge is 2.29. The predicted octanol–water partition coefficient (Wildman–Crippen LogP) is 1.87. The van der Waals surface area contributed by atoms with Crippen LogP contribution in [0.4, 0.5) is 0 Å². The third-order valence-corrected chi connectivity index (χ3v) is 3.26. The number of aromatic nitrogens is 2. The van der Waals surface area contributed by atoms with E-state index in [4.69, 9.17) is 14.7 Å². The van der Waals surface area contributed by atoms with Crippen LogP contribution in [-0.4, -0.2) is 29.8 Å². The van der Waals surface area contributed by atoms with Crippen molar-refractivity contribution in [3.05, 3.63) is 53.1 Å². The molecule has 6 heteroatoms. The van der Waals surface area contributed by atoms with Gasteiger partial charge in [-0.15, -0.1) is 0 Å². The van der Waals surface area contributed by atoms with Crippen molar-refractivity contribution in [1.82, 2.24) is 9.97 Å². The molecule has 0 saturated carbocycles. The maximum atomic E-state index is 10.7. The third-order valence-electron chi connectivity index (χ3n) is 3.26. The number of benzene rings is 1. The second-order valence-corrected chi connectivity index (χ2v) is 4.46. The predicted molar refractivity (Wildman–Crippen MR) is 74.3 cm³/mol. The summed E-state index contributed by atoms with van der Waals surface area (Å²) in [7, 11) is 1.47. The number of rotatable bonds is 6. The molecule has 21 heavy (non-hydrogen) atoms. The number of nitriles is 1. The van der Waals surface area contributed by atoms with Gasteiger partial charge in [0, 0.05) is 12.8 Å². The van der Waals surface area contributed by atoms with Crippen LogP contribution in [0, 0.1) is 18.3 Å². The zero-order chi connectivity index (χ0) is 15.2. The maximum absolute atomic E-state index is 10.7. The number of nitrogens with one attached hydrogen (secondary N) is 1. The molecule has 2 atom stereocenters. The van der Waals surface area contributed by atoms with Crippen LogP contribution in [0.1, 0.15) is 28.4 Å². The SMILES string of the molecule is COC(OC=O)C(c1ccc(C#N)cc1)c1nc[nH]c1C. The Morgan fingerprint density at radius 1 is 1.38 bits per heavy atom. The summed E-state index contributed by atoms with van der Waals surface area (Å²) in [6.45, 7) is 2.24. The van der Waals surface area contributed by atoms with Gasteiger partial charge in [-0.3, -0.25) is 4.79 Å². The molecule has 0 spiro atoms. The van der Waals surface area contributed by atoms with Crippen molar-refractivity contribution in [3.63, 3.8) is 0 Å². The van der Waals surface area contributed by atoms with Crippen molar-refractivity contribution < 1.29 is 14.3 Å². The van der Waals surface area contributed by atoms with Gasteiger partial charge < -0.3 is 14.5 Å². The number of carbonyl (C=O) groups excluding carboxylic acids is 1. The van der Waals surface area contributed by atoms with Crippen LogP contribution in [0.25, 0.3) is 0 Å². The minimum atomic E-state index is -0.794. The van der Waals surface area contributed by atoms with Crippen molar-refractivity contribution in [3.8, 4) is 6.07 Å². The number of H-pyrrole nitrogens is 1. The molecule has 2 unspecified atom stereocenters. The van der Waals surface area contributed by atoms with Gasteiger partial charge in [-0.05, 0) is 24.6 Å². The Kier molecular flexibility index (Phi) is 4.69. The molecule has 1 N–H and O–H groups in total. The molecule has 0 aliphatic carbocycles. The van der Waals surface area contributed by atoms with Gasteiger partial charge in [-0.1, -0.05) is 12.1 Å². The molecule has 0 saturated heterocycles. The number of carbonyl (C=O) groups is 1. The van der Waals surface area contributed by atoms with E-state index in [2.05, 4.69) is 16.0 Å². The lowest BCUT2D eigenvalue weighted by Crippen LogP contribution is -2.26. The van der Waals surface area contributed by atoms with Gasteiger partial charge in [-0.25, -0.2) is 4.98 Å². The molecule has 1 aromatic heterocycles. The summed E-state index contributed by atoms with van der Waals surface area (Å²) in [6, 6.07) is 9.09. The summed E-state index contributed by atoms with van der Waals surface area (Å²) in [5, 5.41) is 8.87. The number of hydrogen-bond donors (Lipinski definition) is 1. The monoisotopic (exact) mass is 285 g/mol. The van der Waals surface area contributed by atoms with Crippen LogP contribution < -0.4 is 0 Å². The van der Waals surface area contributed by atoms with Crippen LogP contribution in [-0.2, 0) is 14.3 Å². The zero-order valence-electron chi connectivity index (χ0n) is 11.7. The summed E-state index contributed by atoms with van der Waals surface area (Å²) >= 11 is 0. The lowest BCUT2D eigenvalue weighted by Gasteiger charge is -2.24. The lowest BCUT2D eigenvalue weighted by molar-refractivity contribution is -0.160. The summed E-state index contributed by atoms with van der Waals surface area (Å²) in [5.41, 5.74) is 2.99. The molecule has 2 rings (SSSR count). The Bertz CT molecular complexity index is 643. The normalized spacial score (nSPS) is 13.2. The number of aromatic amines is 1. The first-order valence-electron chi connectivity index (χ1n) is 6.33. The van der Waals surface area contributed by atoms with Crippen LogP contribution >= 0.6 is 0 Å². The zero-order valence-corrected chi connectivity index (χ0v) is 11.7. The fourth-order valence-corrected chi connectivity index (χ4v) is 2.22. The van der Waals surface area contributed by atoms with E-state index in [-0.39, 0.29) is 5.92 Å². The Labute approximate surface area is 122 Å². The van der Waals surface area contributed by atoms with E-state index in [0.717, 1.165) is 17.0 Å². The van der Waals surface area contributed by atoms with Gasteiger partial charge in [0.25, 0.3) is 6.47 Å². The molecular formula is C15H15N3O3. The second kappa shape index (κ2) is 6.68. The third kappa shape index (κ3) is 3.09. The minimum absolute atomic E-state index is 0.354. The number of methoxy groups -OCH3 is 1. The van der Waals surface area contributed by atoms with E-state index < -0.39 is 6.29 Å². The van der Waals surface area contributed by atoms with E-state index in [1.807, 2.05) is 6.92 Å². The summed E-state index contributed by atoms with van der Waals surface area (Å²) in [4.78, 5) is 18.0. The number of hydrogen-bond acceptors (Lipinski definition) is 5. The van der Waals surface area contributed by atoms with Crippen molar-refractivity contribution in [2.75, 3.05) is 7.11 Å². The lowest BCUT2D eigenvalue weighted by atomic mass is 9.93. The average Bonchev–Trinajstić information content (AvgIpc) is 2.93. The first-order chi connectivity index (χ1) is 10.2. The van der Waals surface area contributed by atoms with Gasteiger partial charge >= 0.3 is 0 Å². The average molecular weight is 285 g/mol. The van der Waals surface area contributed by atoms with Crippen LogP contribution in [0.15, 0.2) is 30.6 Å². The Hall–Kier alpha value is -2.65. The topological polar surface area (TPSA) is 88.0 Å². The van der Waals surface area contributed by atoms with E-state index in [0.29, 0.717) is 12.0 Å². The van der Waals surface area contributed by atoms with Crippen molar-refractivity contribution in [1.29, 1.82) is 5.26 Å². The van der Waals surface area contributed by atoms with Crippen molar-refractivity contribution in [2.45, 2.75) is 19.1 Å². The molecule has 0 aliphatic rings. The number of ether oxygens (including phenoxy) is 2. The van der Waals surface area contributed by atoms with Crippen molar-refractivity contribution in [2.24, 2.45) is 0 Å². The molecule has 2 aromatic rings. The molecular weight excluding hydrogens is 270 g/mol. The van der Waals surface area contributed by atoms with Gasteiger partial charge in [0.05, 0.1) is 29.6 Å². The summed E-state index contributed by atoms with van der Waals surface area (Å²) in [6.07, 6.45) is 0.784. The van der Waals surface area contributed by atoms with E-state index in [1.54, 1.807) is 30.6 Å². The van der Waals surface area contributed by atoms with Crippen LogP contribution in [0.2, 0.25) is 0 Å². The molecule has 0 bridgehead atoms. The van der Waals surface area contributed by atoms with Crippen LogP contribution in [0.5, 0.6) is 0 Å². The van der Waals surface area contributed by atoms with Gasteiger partial charge in [-0.2, -0.15) is 5.26 Å². The van der Waals surface area contributed by atoms with Crippen molar-refractivity contribution >= 4 is 6.47 Å². The van der Waals surface area contributed by atoms with Gasteiger partial charge in [0.1, 0.15) is 0 Å². The van der Waals surface area contributed by atoms with Gasteiger partial charge in [0.15, 0.2) is 0 Å². The molecule has 0 fully saturated rings. The van der Waals surface area contributed by atoms with E-state index in [1.165, 1.54) is 7.11 Å². The molecule has 1 aromatic carbocycles. The molecule has 0 radical (unpaired) electrons. The fraction of sp³-hybridized carbons (Fsp3) is 0.267. The number of imidazole rings is 1.